The molecule has 2 rings (SSSR count). The first-order valence-corrected chi connectivity index (χ1v) is 18.0. The quantitative estimate of drug-likeness (QED) is 0.0529. The molecular formula is C34H64O12. The number of rotatable bonds is 26. The van der Waals surface area contributed by atoms with Gasteiger partial charge in [0.25, 0.3) is 0 Å². The Labute approximate surface area is 275 Å². The Morgan fingerprint density at radius 1 is 0.630 bits per heavy atom. The normalized spacial score (nSPS) is 31.4. The molecule has 0 radical (unpaired) electrons. The number of carbonyl (C=O) groups is 1. The molecule has 7 N–H and O–H groups in total. The zero-order chi connectivity index (χ0) is 33.8. The second kappa shape index (κ2) is 23.4. The minimum atomic E-state index is -2.27. The van der Waals surface area contributed by atoms with Crippen molar-refractivity contribution < 1.29 is 59.5 Å². The molecule has 0 amide bonds. The minimum absolute atomic E-state index is 0.195. The van der Waals surface area contributed by atoms with Crippen molar-refractivity contribution in [2.45, 2.75) is 190 Å². The molecule has 0 spiro atoms. The van der Waals surface area contributed by atoms with Gasteiger partial charge in [-0.05, 0) is 6.42 Å². The number of hydrogen-bond donors (Lipinski definition) is 7. The van der Waals surface area contributed by atoms with E-state index in [1.54, 1.807) is 0 Å². The fourth-order valence-electron chi connectivity index (χ4n) is 6.21. The Balaban J connectivity index is 1.52. The Bertz CT molecular complexity index is 787. The molecule has 46 heavy (non-hydrogen) atoms. The van der Waals surface area contributed by atoms with Crippen molar-refractivity contribution in [1.82, 2.24) is 0 Å². The fourth-order valence-corrected chi connectivity index (χ4v) is 6.21. The summed E-state index contributed by atoms with van der Waals surface area (Å²) in [6.07, 6.45) is 11.2. The van der Waals surface area contributed by atoms with Gasteiger partial charge in [0.15, 0.2) is 6.29 Å². The van der Waals surface area contributed by atoms with Crippen molar-refractivity contribution in [3.05, 3.63) is 0 Å². The third-order valence-electron chi connectivity index (χ3n) is 9.28. The second-order valence-electron chi connectivity index (χ2n) is 13.2. The van der Waals surface area contributed by atoms with E-state index >= 15 is 0 Å². The van der Waals surface area contributed by atoms with Gasteiger partial charge in [-0.15, -0.1) is 0 Å². The third kappa shape index (κ3) is 13.9. The van der Waals surface area contributed by atoms with Crippen LogP contribution in [0.2, 0.25) is 0 Å². The van der Waals surface area contributed by atoms with E-state index in [1.165, 1.54) is 96.3 Å². The van der Waals surface area contributed by atoms with Crippen LogP contribution in [0, 0.1) is 0 Å². The summed E-state index contributed by atoms with van der Waals surface area (Å²) < 4.78 is 21.5. The first kappa shape index (κ1) is 41.2. The number of unbranched alkanes of at least 4 members (excludes halogenated alkanes) is 18. The van der Waals surface area contributed by atoms with E-state index in [-0.39, 0.29) is 6.42 Å². The zero-order valence-electron chi connectivity index (χ0n) is 28.1. The Morgan fingerprint density at radius 3 is 1.54 bits per heavy atom. The van der Waals surface area contributed by atoms with E-state index in [2.05, 4.69) is 6.92 Å². The van der Waals surface area contributed by atoms with Crippen molar-refractivity contribution in [3.63, 3.8) is 0 Å². The van der Waals surface area contributed by atoms with Gasteiger partial charge in [-0.25, -0.2) is 0 Å². The van der Waals surface area contributed by atoms with Gasteiger partial charge in [0.05, 0.1) is 6.61 Å². The molecule has 2 saturated heterocycles. The number of aliphatic hydroxyl groups excluding tert-OH is 7. The molecule has 0 aromatic carbocycles. The predicted octanol–water partition coefficient (Wildman–Crippen LogP) is 2.98. The summed E-state index contributed by atoms with van der Waals surface area (Å²) in [6, 6.07) is 0. The lowest BCUT2D eigenvalue weighted by atomic mass is 9.99. The molecule has 0 bridgehead atoms. The van der Waals surface area contributed by atoms with Crippen molar-refractivity contribution in [2.24, 2.45) is 0 Å². The molecule has 0 aromatic heterocycles. The minimum Gasteiger partial charge on any atom is -0.463 e. The van der Waals surface area contributed by atoms with Crippen LogP contribution in [0.5, 0.6) is 0 Å². The summed E-state index contributed by atoms with van der Waals surface area (Å²) >= 11 is 0. The lowest BCUT2D eigenvalue weighted by Gasteiger charge is -2.43. The summed E-state index contributed by atoms with van der Waals surface area (Å²) in [5.74, 6) is -2.76. The number of carbonyl (C=O) groups excluding carboxylic acids is 1. The van der Waals surface area contributed by atoms with Crippen LogP contribution in [-0.4, -0.2) is 116 Å². The van der Waals surface area contributed by atoms with Crippen molar-refractivity contribution >= 4 is 5.97 Å². The average molecular weight is 665 g/mol. The maximum Gasteiger partial charge on any atom is 0.305 e. The lowest BCUT2D eigenvalue weighted by Crippen LogP contribution is -2.62. The Morgan fingerprint density at radius 2 is 1.11 bits per heavy atom. The molecule has 2 fully saturated rings. The molecule has 12 nitrogen and oxygen atoms in total. The number of ether oxygens (including phenoxy) is 4. The molecule has 0 unspecified atom stereocenters. The largest absolute Gasteiger partial charge is 0.463 e. The molecule has 2 aliphatic heterocycles. The number of aliphatic hydroxyl groups is 7. The molecule has 0 aromatic rings. The summed E-state index contributed by atoms with van der Waals surface area (Å²) in [5, 5.41) is 70.6. The van der Waals surface area contributed by atoms with Crippen LogP contribution in [-0.2, 0) is 23.7 Å². The highest BCUT2D eigenvalue weighted by atomic mass is 16.8. The van der Waals surface area contributed by atoms with Gasteiger partial charge >= 0.3 is 5.97 Å². The van der Waals surface area contributed by atoms with Crippen molar-refractivity contribution in [3.8, 4) is 0 Å². The van der Waals surface area contributed by atoms with Gasteiger partial charge in [-0.2, -0.15) is 0 Å². The molecule has 0 aliphatic carbocycles. The summed E-state index contributed by atoms with van der Waals surface area (Å²) in [6.45, 7) is 0.166. The van der Waals surface area contributed by atoms with Gasteiger partial charge in [0, 0.05) is 6.42 Å². The second-order valence-corrected chi connectivity index (χ2v) is 13.2. The van der Waals surface area contributed by atoms with Gasteiger partial charge in [-0.1, -0.05) is 122 Å². The van der Waals surface area contributed by atoms with Crippen LogP contribution < -0.4 is 0 Å². The van der Waals surface area contributed by atoms with E-state index in [1.807, 2.05) is 0 Å². The van der Waals surface area contributed by atoms with E-state index in [0.29, 0.717) is 6.42 Å². The van der Waals surface area contributed by atoms with E-state index < -0.39 is 80.6 Å². The first-order chi connectivity index (χ1) is 22.2. The van der Waals surface area contributed by atoms with Crippen LogP contribution in [0.4, 0.5) is 0 Å². The molecule has 0 saturated carbocycles. The summed E-state index contributed by atoms with van der Waals surface area (Å²) in [4.78, 5) is 12.3. The topological polar surface area (TPSA) is 196 Å². The summed E-state index contributed by atoms with van der Waals surface area (Å²) in [7, 11) is 0. The molecule has 272 valence electrons. The van der Waals surface area contributed by atoms with Crippen LogP contribution in [0.3, 0.4) is 0 Å². The van der Waals surface area contributed by atoms with Crippen LogP contribution in [0.25, 0.3) is 0 Å². The highest BCUT2D eigenvalue weighted by Gasteiger charge is 2.58. The van der Waals surface area contributed by atoms with E-state index in [9.17, 15) is 40.5 Å². The van der Waals surface area contributed by atoms with Crippen LogP contribution in [0.1, 0.15) is 135 Å². The lowest BCUT2D eigenvalue weighted by molar-refractivity contribution is -0.383. The van der Waals surface area contributed by atoms with Gasteiger partial charge < -0.3 is 54.7 Å². The SMILES string of the molecule is CCCCCCCCCCCCCCCCCCCCCC(=O)OC[C@H]1O[C@H](O[C@]2(CO)O[C@H](CO)[C@@H](O)[C@@H]2O)[C@H](O)[C@@H](O)[C@@H]1O. The Hall–Kier alpha value is -0.930. The highest BCUT2D eigenvalue weighted by Crippen LogP contribution is 2.36. The standard InChI is InChI=1S/C34H64O12/c1-2-3-4-5-6-7-8-9-10-11-12-13-14-15-16-17-18-19-20-21-27(37)43-23-26-28(38)30(40)31(41)33(44-26)46-34(24-36)32(42)29(39)25(22-35)45-34/h25-26,28-33,35-36,38-42H,2-24H2,1H3/t25-,26-,28-,29-,30+,31-,32+,33-,34+/m1/s1. The summed E-state index contributed by atoms with van der Waals surface area (Å²) in [5.41, 5.74) is 0. The van der Waals surface area contributed by atoms with Gasteiger partial charge in [0.2, 0.25) is 5.79 Å². The molecule has 2 aliphatic rings. The smallest absolute Gasteiger partial charge is 0.305 e. The first-order valence-electron chi connectivity index (χ1n) is 18.0. The zero-order valence-corrected chi connectivity index (χ0v) is 28.1. The van der Waals surface area contributed by atoms with Crippen molar-refractivity contribution in [1.29, 1.82) is 0 Å². The maximum absolute atomic E-state index is 12.3. The third-order valence-corrected chi connectivity index (χ3v) is 9.28. The van der Waals surface area contributed by atoms with Crippen LogP contribution in [0.15, 0.2) is 0 Å². The maximum atomic E-state index is 12.3. The van der Waals surface area contributed by atoms with E-state index in [4.69, 9.17) is 18.9 Å². The molecule has 9 atom stereocenters. The number of hydrogen-bond acceptors (Lipinski definition) is 12. The molecular weight excluding hydrogens is 600 g/mol. The van der Waals surface area contributed by atoms with Crippen molar-refractivity contribution in [2.75, 3.05) is 19.8 Å². The highest BCUT2D eigenvalue weighted by molar-refractivity contribution is 5.69. The predicted molar refractivity (Wildman–Crippen MR) is 171 cm³/mol. The number of esters is 1. The van der Waals surface area contributed by atoms with E-state index in [0.717, 1.165) is 19.3 Å². The van der Waals surface area contributed by atoms with Gasteiger partial charge in [-0.3, -0.25) is 4.79 Å². The molecule has 2 heterocycles. The molecule has 12 heteroatoms. The van der Waals surface area contributed by atoms with Gasteiger partial charge in [0.1, 0.15) is 55.9 Å². The monoisotopic (exact) mass is 664 g/mol. The average Bonchev–Trinajstić information content (AvgIpc) is 3.30. The Kier molecular flexibility index (Phi) is 21.0. The van der Waals surface area contributed by atoms with Crippen LogP contribution >= 0.6 is 0 Å². The fraction of sp³-hybridized carbons (Fsp3) is 0.971.